The predicted molar refractivity (Wildman–Crippen MR) is 80.1 cm³/mol. The van der Waals surface area contributed by atoms with Crippen LogP contribution in [0.4, 0.5) is 0 Å². The summed E-state index contributed by atoms with van der Waals surface area (Å²) in [5, 5.41) is 11.9. The number of carboxylic acid groups (broad SMARTS) is 1. The zero-order valence-electron chi connectivity index (χ0n) is 10.6. The minimum Gasteiger partial charge on any atom is -0.481 e. The van der Waals surface area contributed by atoms with Gasteiger partial charge in [-0.1, -0.05) is 6.07 Å². The Balaban J connectivity index is 2.02. The topological polar surface area (TPSA) is 66.4 Å². The molecule has 1 saturated carbocycles. The molecule has 2 N–H and O–H groups in total. The summed E-state index contributed by atoms with van der Waals surface area (Å²) in [5.41, 5.74) is 1.64. The SMILES string of the molecule is Cc1c(I)cccc1C(=O)N[C@H]1CC[C@@H](C(=O)O)C1. The van der Waals surface area contributed by atoms with Crippen LogP contribution in [0.25, 0.3) is 0 Å². The van der Waals surface area contributed by atoms with Crippen LogP contribution in [0.15, 0.2) is 18.2 Å². The number of hydrogen-bond donors (Lipinski definition) is 2. The van der Waals surface area contributed by atoms with E-state index < -0.39 is 5.97 Å². The summed E-state index contributed by atoms with van der Waals surface area (Å²) >= 11 is 2.20. The fraction of sp³-hybridized carbons (Fsp3) is 0.429. The van der Waals surface area contributed by atoms with Crippen LogP contribution in [-0.2, 0) is 4.79 Å². The lowest BCUT2D eigenvalue weighted by atomic mass is 10.1. The van der Waals surface area contributed by atoms with Crippen LogP contribution < -0.4 is 5.32 Å². The van der Waals surface area contributed by atoms with E-state index in [2.05, 4.69) is 27.9 Å². The average Bonchev–Trinajstić information content (AvgIpc) is 2.81. The van der Waals surface area contributed by atoms with Crippen LogP contribution in [0.2, 0.25) is 0 Å². The van der Waals surface area contributed by atoms with Crippen LogP contribution in [0.3, 0.4) is 0 Å². The summed E-state index contributed by atoms with van der Waals surface area (Å²) in [6.45, 7) is 1.92. The van der Waals surface area contributed by atoms with Gasteiger partial charge in [-0.05, 0) is 66.5 Å². The van der Waals surface area contributed by atoms with Gasteiger partial charge in [0.25, 0.3) is 5.91 Å². The molecule has 0 aliphatic heterocycles. The smallest absolute Gasteiger partial charge is 0.306 e. The van der Waals surface area contributed by atoms with E-state index >= 15 is 0 Å². The zero-order chi connectivity index (χ0) is 14.0. The fourth-order valence-corrected chi connectivity index (χ4v) is 2.95. The fourth-order valence-electron chi connectivity index (χ4n) is 2.45. The molecule has 0 bridgehead atoms. The first-order valence-corrected chi connectivity index (χ1v) is 7.35. The Morgan fingerprint density at radius 1 is 1.37 bits per heavy atom. The second kappa shape index (κ2) is 5.90. The van der Waals surface area contributed by atoms with Crippen molar-refractivity contribution >= 4 is 34.5 Å². The molecule has 2 atom stereocenters. The molecular weight excluding hydrogens is 357 g/mol. The molecule has 1 fully saturated rings. The monoisotopic (exact) mass is 373 g/mol. The summed E-state index contributed by atoms with van der Waals surface area (Å²) < 4.78 is 1.06. The quantitative estimate of drug-likeness (QED) is 0.801. The molecule has 0 heterocycles. The lowest BCUT2D eigenvalue weighted by Crippen LogP contribution is -2.33. The maximum atomic E-state index is 12.2. The number of aliphatic carboxylic acids is 1. The standard InChI is InChI=1S/C14H16INO3/c1-8-11(3-2-4-12(8)15)13(17)16-10-6-5-9(7-10)14(18)19/h2-4,9-10H,5-7H2,1H3,(H,16,17)(H,18,19)/t9-,10+/m1/s1. The van der Waals surface area contributed by atoms with E-state index in [1.807, 2.05) is 19.1 Å². The van der Waals surface area contributed by atoms with E-state index in [4.69, 9.17) is 5.11 Å². The van der Waals surface area contributed by atoms with Crippen molar-refractivity contribution < 1.29 is 14.7 Å². The molecule has 19 heavy (non-hydrogen) atoms. The van der Waals surface area contributed by atoms with Crippen molar-refractivity contribution in [1.29, 1.82) is 0 Å². The molecule has 0 unspecified atom stereocenters. The van der Waals surface area contributed by atoms with Gasteiger partial charge in [-0.2, -0.15) is 0 Å². The van der Waals surface area contributed by atoms with E-state index in [9.17, 15) is 9.59 Å². The van der Waals surface area contributed by atoms with Gasteiger partial charge in [0, 0.05) is 15.2 Å². The lowest BCUT2D eigenvalue weighted by molar-refractivity contribution is -0.141. The van der Waals surface area contributed by atoms with E-state index in [-0.39, 0.29) is 17.9 Å². The van der Waals surface area contributed by atoms with Gasteiger partial charge in [-0.3, -0.25) is 9.59 Å². The first-order chi connectivity index (χ1) is 8.99. The van der Waals surface area contributed by atoms with Gasteiger partial charge in [0.05, 0.1) is 5.92 Å². The highest BCUT2D eigenvalue weighted by Crippen LogP contribution is 2.26. The van der Waals surface area contributed by atoms with Gasteiger partial charge in [0.2, 0.25) is 0 Å². The van der Waals surface area contributed by atoms with Gasteiger partial charge < -0.3 is 10.4 Å². The molecule has 1 aliphatic carbocycles. The molecule has 0 saturated heterocycles. The zero-order valence-corrected chi connectivity index (χ0v) is 12.8. The van der Waals surface area contributed by atoms with Crippen molar-refractivity contribution in [1.82, 2.24) is 5.32 Å². The maximum absolute atomic E-state index is 12.2. The molecule has 102 valence electrons. The van der Waals surface area contributed by atoms with Crippen LogP contribution in [0.1, 0.15) is 35.2 Å². The normalized spacial score (nSPS) is 22.2. The molecule has 1 aromatic rings. The second-order valence-corrected chi connectivity index (χ2v) is 6.09. The van der Waals surface area contributed by atoms with Gasteiger partial charge in [0.1, 0.15) is 0 Å². The lowest BCUT2D eigenvalue weighted by Gasteiger charge is -2.14. The molecule has 1 aromatic carbocycles. The van der Waals surface area contributed by atoms with Gasteiger partial charge in [-0.15, -0.1) is 0 Å². The van der Waals surface area contributed by atoms with Crippen LogP contribution >= 0.6 is 22.6 Å². The molecule has 4 nitrogen and oxygen atoms in total. The van der Waals surface area contributed by atoms with Crippen molar-refractivity contribution in [3.05, 3.63) is 32.9 Å². The largest absolute Gasteiger partial charge is 0.481 e. The molecule has 2 rings (SSSR count). The summed E-state index contributed by atoms with van der Waals surface area (Å²) in [6.07, 6.45) is 1.92. The van der Waals surface area contributed by atoms with Gasteiger partial charge in [0.15, 0.2) is 0 Å². The Bertz CT molecular complexity index is 515. The number of amides is 1. The van der Waals surface area contributed by atoms with Crippen molar-refractivity contribution in [3.8, 4) is 0 Å². The van der Waals surface area contributed by atoms with Crippen LogP contribution in [0, 0.1) is 16.4 Å². The maximum Gasteiger partial charge on any atom is 0.306 e. The van der Waals surface area contributed by atoms with Crippen LogP contribution in [0.5, 0.6) is 0 Å². The summed E-state index contributed by atoms with van der Waals surface area (Å²) in [7, 11) is 0. The minimum atomic E-state index is -0.762. The number of hydrogen-bond acceptors (Lipinski definition) is 2. The third-order valence-corrected chi connectivity index (χ3v) is 4.80. The third-order valence-electron chi connectivity index (χ3n) is 3.63. The number of nitrogens with one attached hydrogen (secondary N) is 1. The van der Waals surface area contributed by atoms with Crippen molar-refractivity contribution in [2.24, 2.45) is 5.92 Å². The highest BCUT2D eigenvalue weighted by molar-refractivity contribution is 14.1. The van der Waals surface area contributed by atoms with Crippen molar-refractivity contribution in [2.45, 2.75) is 32.2 Å². The second-order valence-electron chi connectivity index (χ2n) is 4.93. The van der Waals surface area contributed by atoms with E-state index in [0.29, 0.717) is 18.4 Å². The van der Waals surface area contributed by atoms with Gasteiger partial charge in [-0.25, -0.2) is 0 Å². The number of halogens is 1. The predicted octanol–water partition coefficient (Wildman–Crippen LogP) is 2.58. The minimum absolute atomic E-state index is 0.0223. The molecular formula is C14H16INO3. The molecule has 0 spiro atoms. The molecule has 0 radical (unpaired) electrons. The number of carboxylic acids is 1. The Hall–Kier alpha value is -1.11. The molecule has 0 aromatic heterocycles. The molecule has 1 aliphatic rings. The summed E-state index contributed by atoms with van der Waals surface area (Å²) in [4.78, 5) is 23.1. The van der Waals surface area contributed by atoms with Crippen molar-refractivity contribution in [3.63, 3.8) is 0 Å². The number of benzene rings is 1. The van der Waals surface area contributed by atoms with E-state index in [1.54, 1.807) is 6.07 Å². The highest BCUT2D eigenvalue weighted by atomic mass is 127. The summed E-state index contributed by atoms with van der Waals surface area (Å²) in [6, 6.07) is 5.60. The third kappa shape index (κ3) is 3.26. The summed E-state index contributed by atoms with van der Waals surface area (Å²) in [5.74, 6) is -1.18. The first kappa shape index (κ1) is 14.3. The van der Waals surface area contributed by atoms with Gasteiger partial charge >= 0.3 is 5.97 Å². The van der Waals surface area contributed by atoms with Crippen molar-refractivity contribution in [2.75, 3.05) is 0 Å². The number of rotatable bonds is 3. The Morgan fingerprint density at radius 2 is 2.11 bits per heavy atom. The Morgan fingerprint density at radius 3 is 2.74 bits per heavy atom. The number of carbonyl (C=O) groups is 2. The highest BCUT2D eigenvalue weighted by Gasteiger charge is 2.30. The Labute approximate surface area is 125 Å². The Kier molecular flexibility index (Phi) is 4.44. The molecule has 5 heteroatoms. The molecule has 1 amide bonds. The first-order valence-electron chi connectivity index (χ1n) is 6.28. The number of carbonyl (C=O) groups excluding carboxylic acids is 1. The average molecular weight is 373 g/mol. The van der Waals surface area contributed by atoms with E-state index in [1.165, 1.54) is 0 Å². The van der Waals surface area contributed by atoms with Crippen LogP contribution in [-0.4, -0.2) is 23.0 Å². The van der Waals surface area contributed by atoms with E-state index in [0.717, 1.165) is 15.6 Å².